The summed E-state index contributed by atoms with van der Waals surface area (Å²) < 4.78 is 5.93. The first-order valence-corrected chi connectivity index (χ1v) is 8.57. The standard InChI is InChI=1S/C20H17ClN2OS/c1-14-16(21)10-7-12-17(14)22-20(25)23-18-11-5-6-13-19(18)24-15-8-3-2-4-9-15/h2-13H,1H3,(H2,22,23,25). The fourth-order valence-electron chi connectivity index (χ4n) is 2.29. The number of ether oxygens (including phenoxy) is 1. The van der Waals surface area contributed by atoms with Gasteiger partial charge < -0.3 is 15.4 Å². The van der Waals surface area contributed by atoms with Crippen molar-refractivity contribution in [3.63, 3.8) is 0 Å². The van der Waals surface area contributed by atoms with E-state index >= 15 is 0 Å². The van der Waals surface area contributed by atoms with Crippen LogP contribution in [0, 0.1) is 6.92 Å². The molecule has 0 saturated heterocycles. The van der Waals surface area contributed by atoms with Gasteiger partial charge in [-0.05, 0) is 61.1 Å². The van der Waals surface area contributed by atoms with Crippen molar-refractivity contribution in [1.82, 2.24) is 0 Å². The lowest BCUT2D eigenvalue weighted by Crippen LogP contribution is -2.20. The lowest BCUT2D eigenvalue weighted by Gasteiger charge is -2.16. The Balaban J connectivity index is 1.74. The predicted molar refractivity (Wildman–Crippen MR) is 109 cm³/mol. The Labute approximate surface area is 157 Å². The third-order valence-electron chi connectivity index (χ3n) is 3.62. The van der Waals surface area contributed by atoms with Gasteiger partial charge in [0.25, 0.3) is 0 Å². The van der Waals surface area contributed by atoms with E-state index in [0.29, 0.717) is 15.9 Å². The summed E-state index contributed by atoms with van der Waals surface area (Å²) in [5.74, 6) is 1.46. The van der Waals surface area contributed by atoms with Crippen LogP contribution in [0.25, 0.3) is 0 Å². The zero-order chi connectivity index (χ0) is 17.6. The van der Waals surface area contributed by atoms with E-state index in [-0.39, 0.29) is 0 Å². The number of rotatable bonds is 4. The Hall–Kier alpha value is -2.56. The minimum Gasteiger partial charge on any atom is -0.455 e. The van der Waals surface area contributed by atoms with E-state index in [4.69, 9.17) is 28.6 Å². The maximum Gasteiger partial charge on any atom is 0.175 e. The molecule has 0 saturated carbocycles. The van der Waals surface area contributed by atoms with Crippen molar-refractivity contribution >= 4 is 40.3 Å². The van der Waals surface area contributed by atoms with Crippen LogP contribution >= 0.6 is 23.8 Å². The van der Waals surface area contributed by atoms with E-state index in [1.807, 2.05) is 79.7 Å². The van der Waals surface area contributed by atoms with E-state index < -0.39 is 0 Å². The molecule has 3 aromatic carbocycles. The van der Waals surface area contributed by atoms with Gasteiger partial charge in [-0.15, -0.1) is 0 Å². The van der Waals surface area contributed by atoms with Gasteiger partial charge in [0.15, 0.2) is 10.9 Å². The zero-order valence-electron chi connectivity index (χ0n) is 13.6. The van der Waals surface area contributed by atoms with Gasteiger partial charge in [0.2, 0.25) is 0 Å². The van der Waals surface area contributed by atoms with Crippen LogP contribution in [0.1, 0.15) is 5.56 Å². The van der Waals surface area contributed by atoms with Gasteiger partial charge in [-0.2, -0.15) is 0 Å². The summed E-state index contributed by atoms with van der Waals surface area (Å²) in [6.45, 7) is 1.94. The van der Waals surface area contributed by atoms with E-state index in [0.717, 1.165) is 22.7 Å². The lowest BCUT2D eigenvalue weighted by atomic mass is 10.2. The second-order valence-electron chi connectivity index (χ2n) is 5.40. The summed E-state index contributed by atoms with van der Waals surface area (Å²) >= 11 is 11.6. The number of para-hydroxylation sites is 3. The molecule has 0 radical (unpaired) electrons. The Kier molecular flexibility index (Phi) is 5.53. The molecule has 0 bridgehead atoms. The monoisotopic (exact) mass is 368 g/mol. The normalized spacial score (nSPS) is 10.2. The van der Waals surface area contributed by atoms with Crippen molar-refractivity contribution in [3.05, 3.63) is 83.4 Å². The number of anilines is 2. The summed E-state index contributed by atoms with van der Waals surface area (Å²) in [4.78, 5) is 0. The molecule has 0 spiro atoms. The topological polar surface area (TPSA) is 33.3 Å². The zero-order valence-corrected chi connectivity index (χ0v) is 15.2. The third-order valence-corrected chi connectivity index (χ3v) is 4.24. The van der Waals surface area contributed by atoms with Crippen LogP contribution in [0.2, 0.25) is 5.02 Å². The molecule has 25 heavy (non-hydrogen) atoms. The average molecular weight is 369 g/mol. The highest BCUT2D eigenvalue weighted by molar-refractivity contribution is 7.80. The molecule has 0 unspecified atom stereocenters. The molecule has 0 atom stereocenters. The third kappa shape index (κ3) is 4.50. The molecular formula is C20H17ClN2OS. The SMILES string of the molecule is Cc1c(Cl)cccc1NC(=S)Nc1ccccc1Oc1ccccc1. The summed E-state index contributed by atoms with van der Waals surface area (Å²) in [6, 6.07) is 22.9. The summed E-state index contributed by atoms with van der Waals surface area (Å²) in [6.07, 6.45) is 0. The first kappa shape index (κ1) is 17.3. The predicted octanol–water partition coefficient (Wildman–Crippen LogP) is 6.25. The number of halogens is 1. The highest BCUT2D eigenvalue weighted by Gasteiger charge is 2.08. The molecule has 3 rings (SSSR count). The number of nitrogens with one attached hydrogen (secondary N) is 2. The van der Waals surface area contributed by atoms with Crippen LogP contribution in [0.3, 0.4) is 0 Å². The molecule has 0 fully saturated rings. The fraction of sp³-hybridized carbons (Fsp3) is 0.0500. The molecule has 0 aromatic heterocycles. The first-order chi connectivity index (χ1) is 12.1. The molecule has 2 N–H and O–H groups in total. The summed E-state index contributed by atoms with van der Waals surface area (Å²) in [5.41, 5.74) is 2.59. The second-order valence-corrected chi connectivity index (χ2v) is 6.22. The van der Waals surface area contributed by atoms with Crippen LogP contribution < -0.4 is 15.4 Å². The van der Waals surface area contributed by atoms with Crippen LogP contribution in [0.4, 0.5) is 11.4 Å². The van der Waals surface area contributed by atoms with Crippen LogP contribution in [-0.4, -0.2) is 5.11 Å². The van der Waals surface area contributed by atoms with Gasteiger partial charge in [0.05, 0.1) is 5.69 Å². The Morgan fingerprint density at radius 2 is 1.48 bits per heavy atom. The minimum atomic E-state index is 0.467. The van der Waals surface area contributed by atoms with Gasteiger partial charge in [0.1, 0.15) is 5.75 Å². The van der Waals surface area contributed by atoms with Crippen molar-refractivity contribution in [2.24, 2.45) is 0 Å². The molecule has 3 nitrogen and oxygen atoms in total. The first-order valence-electron chi connectivity index (χ1n) is 7.78. The molecule has 126 valence electrons. The van der Waals surface area contributed by atoms with Gasteiger partial charge in [-0.3, -0.25) is 0 Å². The van der Waals surface area contributed by atoms with Gasteiger partial charge in [-0.1, -0.05) is 48.0 Å². The van der Waals surface area contributed by atoms with Gasteiger partial charge in [-0.25, -0.2) is 0 Å². The van der Waals surface area contributed by atoms with Crippen molar-refractivity contribution in [1.29, 1.82) is 0 Å². The van der Waals surface area contributed by atoms with Crippen molar-refractivity contribution in [2.75, 3.05) is 10.6 Å². The highest BCUT2D eigenvalue weighted by Crippen LogP contribution is 2.29. The van der Waals surface area contributed by atoms with Crippen molar-refractivity contribution < 1.29 is 4.74 Å². The number of thiocarbonyl (C=S) groups is 1. The quantitative estimate of drug-likeness (QED) is 0.533. The molecule has 0 aliphatic rings. The molecule has 0 aliphatic heterocycles. The van der Waals surface area contributed by atoms with Crippen LogP contribution in [0.15, 0.2) is 72.8 Å². The average Bonchev–Trinajstić information content (AvgIpc) is 2.62. The van der Waals surface area contributed by atoms with Crippen molar-refractivity contribution in [2.45, 2.75) is 6.92 Å². The molecule has 3 aromatic rings. The smallest absolute Gasteiger partial charge is 0.175 e. The van der Waals surface area contributed by atoms with Crippen LogP contribution in [0.5, 0.6) is 11.5 Å². The number of benzene rings is 3. The largest absolute Gasteiger partial charge is 0.455 e. The van der Waals surface area contributed by atoms with E-state index in [1.54, 1.807) is 0 Å². The molecule has 0 aliphatic carbocycles. The second kappa shape index (κ2) is 8.01. The fourth-order valence-corrected chi connectivity index (χ4v) is 2.69. The molecule has 5 heteroatoms. The van der Waals surface area contributed by atoms with Gasteiger partial charge in [0, 0.05) is 10.7 Å². The maximum absolute atomic E-state index is 6.15. The van der Waals surface area contributed by atoms with E-state index in [9.17, 15) is 0 Å². The van der Waals surface area contributed by atoms with E-state index in [2.05, 4.69) is 10.6 Å². The summed E-state index contributed by atoms with van der Waals surface area (Å²) in [5, 5.41) is 7.51. The van der Waals surface area contributed by atoms with Gasteiger partial charge >= 0.3 is 0 Å². The number of hydrogen-bond donors (Lipinski definition) is 2. The molecule has 0 heterocycles. The van der Waals surface area contributed by atoms with E-state index in [1.165, 1.54) is 0 Å². The Morgan fingerprint density at radius 1 is 0.840 bits per heavy atom. The number of hydrogen-bond acceptors (Lipinski definition) is 2. The Bertz CT molecular complexity index is 884. The Morgan fingerprint density at radius 3 is 2.28 bits per heavy atom. The lowest BCUT2D eigenvalue weighted by molar-refractivity contribution is 0.485. The minimum absolute atomic E-state index is 0.467. The van der Waals surface area contributed by atoms with Crippen LogP contribution in [-0.2, 0) is 0 Å². The van der Waals surface area contributed by atoms with Crippen molar-refractivity contribution in [3.8, 4) is 11.5 Å². The molecular weight excluding hydrogens is 352 g/mol. The molecule has 0 amide bonds. The maximum atomic E-state index is 6.15. The highest BCUT2D eigenvalue weighted by atomic mass is 35.5. The summed E-state index contributed by atoms with van der Waals surface area (Å²) in [7, 11) is 0.